The molecule has 2 atom stereocenters. The highest BCUT2D eigenvalue weighted by molar-refractivity contribution is 8.00. The molecule has 2 rings (SSSR count). The Bertz CT molecular complexity index is 670. The predicted molar refractivity (Wildman–Crippen MR) is 100 cm³/mol. The molecule has 2 heterocycles. The number of rotatable bonds is 8. The van der Waals surface area contributed by atoms with Gasteiger partial charge in [-0.2, -0.15) is 0 Å². The summed E-state index contributed by atoms with van der Waals surface area (Å²) in [4.78, 5) is 11.8. The number of carbonyl (C=O) groups is 1. The monoisotopic (exact) mass is 390 g/mol. The first-order chi connectivity index (χ1) is 11.4. The Balaban J connectivity index is 2.09. The van der Waals surface area contributed by atoms with Crippen molar-refractivity contribution in [2.45, 2.75) is 72.6 Å². The number of nitrogens with one attached hydrogen (secondary N) is 2. The number of unbranched alkanes of at least 4 members (excludes halogenated alkanes) is 2. The molecule has 0 aliphatic carbocycles. The third kappa shape index (κ3) is 4.53. The SMILES string of the molecule is CCCCCC(=O)NSc1cc2c(s1)S(=O)(=O)C(C)CC2NCC. The maximum Gasteiger partial charge on any atom is 0.230 e. The molecule has 2 unspecified atom stereocenters. The highest BCUT2D eigenvalue weighted by Gasteiger charge is 2.38. The van der Waals surface area contributed by atoms with E-state index < -0.39 is 9.84 Å². The van der Waals surface area contributed by atoms with Crippen molar-refractivity contribution in [1.29, 1.82) is 0 Å². The lowest BCUT2D eigenvalue weighted by molar-refractivity contribution is -0.119. The fraction of sp³-hybridized carbons (Fsp3) is 0.688. The van der Waals surface area contributed by atoms with E-state index >= 15 is 0 Å². The van der Waals surface area contributed by atoms with Gasteiger partial charge < -0.3 is 5.32 Å². The Morgan fingerprint density at radius 2 is 2.12 bits per heavy atom. The minimum absolute atomic E-state index is 0.000666. The van der Waals surface area contributed by atoms with Crippen LogP contribution in [0.5, 0.6) is 0 Å². The fourth-order valence-corrected chi connectivity index (χ4v) is 7.24. The lowest BCUT2D eigenvalue weighted by Crippen LogP contribution is -2.33. The first-order valence-corrected chi connectivity index (χ1v) is 11.6. The maximum atomic E-state index is 12.6. The third-order valence-electron chi connectivity index (χ3n) is 4.16. The van der Waals surface area contributed by atoms with Crippen molar-refractivity contribution in [3.05, 3.63) is 11.6 Å². The van der Waals surface area contributed by atoms with E-state index in [1.54, 1.807) is 6.92 Å². The Hall–Kier alpha value is -0.570. The summed E-state index contributed by atoms with van der Waals surface area (Å²) in [6.07, 6.45) is 4.12. The van der Waals surface area contributed by atoms with E-state index in [9.17, 15) is 13.2 Å². The van der Waals surface area contributed by atoms with Crippen LogP contribution in [0.15, 0.2) is 14.5 Å². The largest absolute Gasteiger partial charge is 0.310 e. The van der Waals surface area contributed by atoms with Gasteiger partial charge in [-0.05, 0) is 49.9 Å². The second kappa shape index (κ2) is 8.69. The smallest absolute Gasteiger partial charge is 0.230 e. The molecule has 1 amide bonds. The van der Waals surface area contributed by atoms with Crippen molar-refractivity contribution in [1.82, 2.24) is 10.0 Å². The van der Waals surface area contributed by atoms with Gasteiger partial charge in [0.2, 0.25) is 5.91 Å². The van der Waals surface area contributed by atoms with Gasteiger partial charge in [0.05, 0.1) is 9.46 Å². The van der Waals surface area contributed by atoms with E-state index in [1.807, 2.05) is 13.0 Å². The molecule has 1 aromatic rings. The summed E-state index contributed by atoms with van der Waals surface area (Å²) < 4.78 is 29.2. The number of amides is 1. The van der Waals surface area contributed by atoms with E-state index in [4.69, 9.17) is 0 Å². The summed E-state index contributed by atoms with van der Waals surface area (Å²) in [6.45, 7) is 6.69. The quantitative estimate of drug-likeness (QED) is 0.523. The fourth-order valence-electron chi connectivity index (χ4n) is 2.78. The molecule has 0 saturated heterocycles. The molecule has 1 aliphatic heterocycles. The zero-order valence-electron chi connectivity index (χ0n) is 14.4. The van der Waals surface area contributed by atoms with Gasteiger partial charge in [0, 0.05) is 12.5 Å². The zero-order valence-corrected chi connectivity index (χ0v) is 16.9. The zero-order chi connectivity index (χ0) is 17.7. The average molecular weight is 391 g/mol. The summed E-state index contributed by atoms with van der Waals surface area (Å²) >= 11 is 2.50. The molecule has 24 heavy (non-hydrogen) atoms. The van der Waals surface area contributed by atoms with Crippen molar-refractivity contribution in [2.75, 3.05) is 6.54 Å². The van der Waals surface area contributed by atoms with E-state index in [2.05, 4.69) is 17.0 Å². The molecule has 1 aliphatic rings. The van der Waals surface area contributed by atoms with Crippen LogP contribution in [0.1, 0.15) is 64.5 Å². The topological polar surface area (TPSA) is 75.3 Å². The number of hydrogen-bond acceptors (Lipinski definition) is 6. The summed E-state index contributed by atoms with van der Waals surface area (Å²) in [5, 5.41) is 2.99. The predicted octanol–water partition coefficient (Wildman–Crippen LogP) is 3.67. The minimum atomic E-state index is -3.25. The van der Waals surface area contributed by atoms with Gasteiger partial charge in [-0.3, -0.25) is 9.52 Å². The van der Waals surface area contributed by atoms with Gasteiger partial charge >= 0.3 is 0 Å². The molecule has 5 nitrogen and oxygen atoms in total. The number of sulfone groups is 1. The van der Waals surface area contributed by atoms with Crippen molar-refractivity contribution in [2.24, 2.45) is 0 Å². The normalized spacial score (nSPS) is 22.1. The van der Waals surface area contributed by atoms with Crippen LogP contribution < -0.4 is 10.0 Å². The summed E-state index contributed by atoms with van der Waals surface area (Å²) in [6, 6.07) is 1.97. The van der Waals surface area contributed by atoms with Gasteiger partial charge in [0.1, 0.15) is 4.21 Å². The van der Waals surface area contributed by atoms with Crippen LogP contribution in [0.25, 0.3) is 0 Å². The second-order valence-electron chi connectivity index (χ2n) is 6.09. The molecular formula is C16H26N2O3S3. The summed E-state index contributed by atoms with van der Waals surface area (Å²) in [5.74, 6) is -0.000666. The van der Waals surface area contributed by atoms with Crippen LogP contribution >= 0.6 is 23.3 Å². The molecular weight excluding hydrogens is 364 g/mol. The number of fused-ring (bicyclic) bond motifs is 1. The molecule has 0 aromatic carbocycles. The highest BCUT2D eigenvalue weighted by Crippen LogP contribution is 2.43. The van der Waals surface area contributed by atoms with Crippen molar-refractivity contribution in [3.63, 3.8) is 0 Å². The van der Waals surface area contributed by atoms with Crippen LogP contribution in [0.4, 0.5) is 0 Å². The van der Waals surface area contributed by atoms with Crippen molar-refractivity contribution in [3.8, 4) is 0 Å². The lowest BCUT2D eigenvalue weighted by atomic mass is 10.1. The van der Waals surface area contributed by atoms with Gasteiger partial charge in [-0.25, -0.2) is 8.42 Å². The van der Waals surface area contributed by atoms with Crippen molar-refractivity contribution >= 4 is 39.0 Å². The first-order valence-electron chi connectivity index (χ1n) is 8.46. The van der Waals surface area contributed by atoms with E-state index in [1.165, 1.54) is 23.3 Å². The molecule has 0 bridgehead atoms. The Kier molecular flexibility index (Phi) is 7.15. The second-order valence-corrected chi connectivity index (χ2v) is 10.8. The molecule has 1 aromatic heterocycles. The molecule has 0 fully saturated rings. The van der Waals surface area contributed by atoms with Gasteiger partial charge in [0.25, 0.3) is 0 Å². The van der Waals surface area contributed by atoms with Gasteiger partial charge in [-0.1, -0.05) is 26.7 Å². The van der Waals surface area contributed by atoms with E-state index in [0.717, 1.165) is 35.6 Å². The first kappa shape index (κ1) is 19.8. The molecule has 0 radical (unpaired) electrons. The van der Waals surface area contributed by atoms with Crippen LogP contribution in [-0.2, 0) is 14.6 Å². The van der Waals surface area contributed by atoms with Gasteiger partial charge in [-0.15, -0.1) is 11.3 Å². The average Bonchev–Trinajstić information content (AvgIpc) is 2.97. The molecule has 0 saturated carbocycles. The summed E-state index contributed by atoms with van der Waals surface area (Å²) in [5.41, 5.74) is 0.850. The Morgan fingerprint density at radius 1 is 1.38 bits per heavy atom. The van der Waals surface area contributed by atoms with Crippen molar-refractivity contribution < 1.29 is 13.2 Å². The van der Waals surface area contributed by atoms with Crippen LogP contribution in [0, 0.1) is 0 Å². The van der Waals surface area contributed by atoms with Crippen LogP contribution in [0.2, 0.25) is 0 Å². The molecule has 8 heteroatoms. The van der Waals surface area contributed by atoms with E-state index in [-0.39, 0.29) is 17.2 Å². The molecule has 2 N–H and O–H groups in total. The number of hydrogen-bond donors (Lipinski definition) is 2. The standard InChI is InChI=1S/C16H26N2O3S3/c1-4-6-7-8-14(19)18-23-15-10-12-13(17-5-2)9-11(3)24(20,21)16(12)22-15/h10-11,13,17H,4-9H2,1-3H3,(H,18,19). The highest BCUT2D eigenvalue weighted by atomic mass is 32.2. The minimum Gasteiger partial charge on any atom is -0.310 e. The van der Waals surface area contributed by atoms with Crippen LogP contribution in [0.3, 0.4) is 0 Å². The summed E-state index contributed by atoms with van der Waals surface area (Å²) in [7, 11) is -3.25. The van der Waals surface area contributed by atoms with E-state index in [0.29, 0.717) is 17.1 Å². The number of carbonyl (C=O) groups excluding carboxylic acids is 1. The van der Waals surface area contributed by atoms with Gasteiger partial charge in [0.15, 0.2) is 9.84 Å². The molecule has 136 valence electrons. The Labute approximate surface area is 153 Å². The Morgan fingerprint density at radius 3 is 2.79 bits per heavy atom. The third-order valence-corrected chi connectivity index (χ3v) is 9.00. The maximum absolute atomic E-state index is 12.6. The lowest BCUT2D eigenvalue weighted by Gasteiger charge is -2.27. The number of thiophene rings is 1. The van der Waals surface area contributed by atoms with Crippen LogP contribution in [-0.4, -0.2) is 26.1 Å². The molecule has 0 spiro atoms.